The Bertz CT molecular complexity index is 1080. The second kappa shape index (κ2) is 6.28. The number of nitrogens with zero attached hydrogens (tertiary/aromatic N) is 1. The molecule has 2 unspecified atom stereocenters. The zero-order chi connectivity index (χ0) is 18.7. The number of hydrogen-bond donors (Lipinski definition) is 1. The van der Waals surface area contributed by atoms with E-state index in [1.54, 1.807) is 6.07 Å². The average Bonchev–Trinajstić information content (AvgIpc) is 2.89. The maximum absolute atomic E-state index is 13.0. The van der Waals surface area contributed by atoms with E-state index in [-0.39, 0.29) is 32.5 Å². The highest BCUT2D eigenvalue weighted by Gasteiger charge is 2.45. The smallest absolute Gasteiger partial charge is 0.200 e. The van der Waals surface area contributed by atoms with E-state index in [4.69, 9.17) is 46.4 Å². The number of aryl methyl sites for hydroxylation is 1. The van der Waals surface area contributed by atoms with Crippen molar-refractivity contribution < 1.29 is 9.90 Å². The summed E-state index contributed by atoms with van der Waals surface area (Å²) in [7, 11) is 0. The van der Waals surface area contributed by atoms with Crippen LogP contribution in [0.3, 0.4) is 0 Å². The van der Waals surface area contributed by atoms with Gasteiger partial charge in [-0.1, -0.05) is 47.5 Å². The standard InChI is InChI=1S/C19H11Cl4NO2/c1-7-3-2-4-8-5-6-9(24-17(7)8)10-18(25)11-12(19(10)26)14(21)16(23)15(22)13(11)20/h2-6,13,15,25H,1H3. The highest BCUT2D eigenvalue weighted by atomic mass is 35.5. The van der Waals surface area contributed by atoms with E-state index in [0.717, 1.165) is 16.5 Å². The lowest BCUT2D eigenvalue weighted by molar-refractivity contribution is -0.110. The third-order valence-electron chi connectivity index (χ3n) is 4.60. The number of Topliss-reactive ketones (excluding diaryl/α,β-unsaturated/α-hetero) is 1. The molecular formula is C19H11Cl4NO2. The van der Waals surface area contributed by atoms with Gasteiger partial charge in [0.05, 0.1) is 43.2 Å². The SMILES string of the molecule is Cc1cccc2ccc(C3=C(O)C4=C(C3=O)C(Cl)=C(Cl)C(Cl)C4Cl)nc12. The molecule has 1 aromatic heterocycles. The topological polar surface area (TPSA) is 50.2 Å². The molecule has 7 heteroatoms. The van der Waals surface area contributed by atoms with E-state index in [2.05, 4.69) is 4.98 Å². The molecule has 132 valence electrons. The number of allylic oxidation sites excluding steroid dienone is 5. The molecule has 2 atom stereocenters. The first-order valence-corrected chi connectivity index (χ1v) is 9.38. The maximum Gasteiger partial charge on any atom is 0.200 e. The fraction of sp³-hybridized carbons (Fsp3) is 0.158. The van der Waals surface area contributed by atoms with Crippen LogP contribution in [0.1, 0.15) is 11.3 Å². The van der Waals surface area contributed by atoms with Crippen molar-refractivity contribution in [1.29, 1.82) is 0 Å². The van der Waals surface area contributed by atoms with Crippen molar-refractivity contribution in [3.05, 3.63) is 68.6 Å². The number of aliphatic hydroxyl groups excluding tert-OH is 1. The molecule has 2 aromatic rings. The minimum absolute atomic E-state index is 0.0158. The Morgan fingerprint density at radius 2 is 1.77 bits per heavy atom. The van der Waals surface area contributed by atoms with Crippen LogP contribution in [0.5, 0.6) is 0 Å². The summed E-state index contributed by atoms with van der Waals surface area (Å²) in [5.74, 6) is -0.714. The van der Waals surface area contributed by atoms with Gasteiger partial charge in [-0.3, -0.25) is 4.79 Å². The van der Waals surface area contributed by atoms with Gasteiger partial charge < -0.3 is 5.11 Å². The molecule has 0 aliphatic heterocycles. The molecule has 0 amide bonds. The van der Waals surface area contributed by atoms with Gasteiger partial charge in [0.25, 0.3) is 0 Å². The van der Waals surface area contributed by atoms with Crippen LogP contribution in [0.2, 0.25) is 0 Å². The number of carbonyl (C=O) groups excluding carboxylic acids is 1. The van der Waals surface area contributed by atoms with Gasteiger partial charge in [0, 0.05) is 11.0 Å². The predicted molar refractivity (Wildman–Crippen MR) is 106 cm³/mol. The molecule has 1 N–H and O–H groups in total. The van der Waals surface area contributed by atoms with Crippen LogP contribution in [0.15, 0.2) is 57.3 Å². The Morgan fingerprint density at radius 1 is 1.04 bits per heavy atom. The zero-order valence-corrected chi connectivity index (χ0v) is 16.4. The van der Waals surface area contributed by atoms with Gasteiger partial charge in [-0.2, -0.15) is 0 Å². The van der Waals surface area contributed by atoms with Gasteiger partial charge in [-0.05, 0) is 18.6 Å². The van der Waals surface area contributed by atoms with Crippen LogP contribution in [0.4, 0.5) is 0 Å². The number of ketones is 1. The van der Waals surface area contributed by atoms with Crippen LogP contribution in [0, 0.1) is 6.92 Å². The number of hydrogen-bond acceptors (Lipinski definition) is 3. The van der Waals surface area contributed by atoms with Crippen LogP contribution in [-0.4, -0.2) is 26.6 Å². The zero-order valence-electron chi connectivity index (χ0n) is 13.4. The summed E-state index contributed by atoms with van der Waals surface area (Å²) in [5.41, 5.74) is 2.41. The lowest BCUT2D eigenvalue weighted by atomic mass is 9.97. The van der Waals surface area contributed by atoms with Crippen molar-refractivity contribution >= 4 is 68.7 Å². The lowest BCUT2D eigenvalue weighted by Crippen LogP contribution is -2.25. The molecule has 1 aromatic carbocycles. The normalized spacial score (nSPS) is 23.3. The van der Waals surface area contributed by atoms with Crippen molar-refractivity contribution in [2.45, 2.75) is 17.7 Å². The van der Waals surface area contributed by atoms with E-state index in [0.29, 0.717) is 5.69 Å². The Labute approximate surface area is 169 Å². The van der Waals surface area contributed by atoms with Crippen LogP contribution in [-0.2, 0) is 4.79 Å². The molecule has 0 spiro atoms. The van der Waals surface area contributed by atoms with E-state index >= 15 is 0 Å². The third kappa shape index (κ3) is 2.42. The fourth-order valence-corrected chi connectivity index (χ4v) is 4.50. The van der Waals surface area contributed by atoms with E-state index < -0.39 is 16.5 Å². The summed E-state index contributed by atoms with van der Waals surface area (Å²) in [6, 6.07) is 9.33. The number of aliphatic hydroxyl groups is 1. The molecule has 0 radical (unpaired) electrons. The Kier molecular flexibility index (Phi) is 4.31. The van der Waals surface area contributed by atoms with Crippen LogP contribution < -0.4 is 0 Å². The summed E-state index contributed by atoms with van der Waals surface area (Å²) in [4.78, 5) is 17.6. The largest absolute Gasteiger partial charge is 0.507 e. The second-order valence-electron chi connectivity index (χ2n) is 6.15. The highest BCUT2D eigenvalue weighted by molar-refractivity contribution is 6.52. The van der Waals surface area contributed by atoms with Crippen LogP contribution >= 0.6 is 46.4 Å². The summed E-state index contributed by atoms with van der Waals surface area (Å²) in [6.45, 7) is 1.93. The van der Waals surface area contributed by atoms with Gasteiger partial charge >= 0.3 is 0 Å². The molecule has 0 saturated heterocycles. The molecule has 0 saturated carbocycles. The van der Waals surface area contributed by atoms with Crippen molar-refractivity contribution in [1.82, 2.24) is 4.98 Å². The average molecular weight is 427 g/mol. The monoisotopic (exact) mass is 425 g/mol. The summed E-state index contributed by atoms with van der Waals surface area (Å²) >= 11 is 24.9. The van der Waals surface area contributed by atoms with E-state index in [9.17, 15) is 9.90 Å². The molecule has 26 heavy (non-hydrogen) atoms. The molecule has 0 bridgehead atoms. The number of aromatic nitrogens is 1. The van der Waals surface area contributed by atoms with E-state index in [1.807, 2.05) is 31.2 Å². The molecule has 1 heterocycles. The molecule has 2 aliphatic rings. The van der Waals surface area contributed by atoms with Gasteiger partial charge in [0.1, 0.15) is 5.76 Å². The number of rotatable bonds is 1. The minimum Gasteiger partial charge on any atom is -0.507 e. The van der Waals surface area contributed by atoms with Crippen LogP contribution in [0.25, 0.3) is 16.5 Å². The predicted octanol–water partition coefficient (Wildman–Crippen LogP) is 5.61. The fourth-order valence-electron chi connectivity index (χ4n) is 3.28. The Hall–Kier alpha value is -1.52. The van der Waals surface area contributed by atoms with Crippen molar-refractivity contribution in [2.75, 3.05) is 0 Å². The van der Waals surface area contributed by atoms with Crippen molar-refractivity contribution in [2.24, 2.45) is 0 Å². The molecule has 2 aliphatic carbocycles. The first-order valence-electron chi connectivity index (χ1n) is 7.75. The minimum atomic E-state index is -0.870. The molecule has 4 rings (SSSR count). The molecule has 3 nitrogen and oxygen atoms in total. The quantitative estimate of drug-likeness (QED) is 0.603. The number of alkyl halides is 2. The van der Waals surface area contributed by atoms with Gasteiger partial charge in [0.15, 0.2) is 0 Å². The van der Waals surface area contributed by atoms with E-state index in [1.165, 1.54) is 0 Å². The Balaban J connectivity index is 1.91. The lowest BCUT2D eigenvalue weighted by Gasteiger charge is -2.24. The summed E-state index contributed by atoms with van der Waals surface area (Å²) in [5, 5.41) is 10.1. The first-order chi connectivity index (χ1) is 12.3. The maximum atomic E-state index is 13.0. The molecular weight excluding hydrogens is 416 g/mol. The van der Waals surface area contributed by atoms with Gasteiger partial charge in [0.2, 0.25) is 5.78 Å². The van der Waals surface area contributed by atoms with Crippen molar-refractivity contribution in [3.8, 4) is 0 Å². The third-order valence-corrected chi connectivity index (χ3v) is 6.69. The number of fused-ring (bicyclic) bond motifs is 1. The highest BCUT2D eigenvalue weighted by Crippen LogP contribution is 2.49. The van der Waals surface area contributed by atoms with Gasteiger partial charge in [-0.25, -0.2) is 4.98 Å². The number of benzene rings is 1. The number of para-hydroxylation sites is 1. The number of carbonyl (C=O) groups is 1. The molecule has 0 fully saturated rings. The van der Waals surface area contributed by atoms with Gasteiger partial charge in [-0.15, -0.1) is 23.2 Å². The number of pyridine rings is 1. The Morgan fingerprint density at radius 3 is 2.50 bits per heavy atom. The van der Waals surface area contributed by atoms with Crippen molar-refractivity contribution in [3.63, 3.8) is 0 Å². The number of halogens is 4. The summed E-state index contributed by atoms with van der Waals surface area (Å²) in [6.07, 6.45) is 0. The first kappa shape index (κ1) is 17.9. The second-order valence-corrected chi connectivity index (χ2v) is 7.88. The summed E-state index contributed by atoms with van der Waals surface area (Å²) < 4.78 is 0.